The molecule has 0 aliphatic rings. The first-order valence-corrected chi connectivity index (χ1v) is 9.14. The van der Waals surface area contributed by atoms with E-state index in [4.69, 9.17) is 4.74 Å². The Morgan fingerprint density at radius 2 is 1.83 bits per heavy atom. The van der Waals surface area contributed by atoms with Gasteiger partial charge < -0.3 is 4.74 Å². The predicted octanol–water partition coefficient (Wildman–Crippen LogP) is 3.46. The molecule has 8 nitrogen and oxygen atoms in total. The van der Waals surface area contributed by atoms with E-state index in [0.29, 0.717) is 18.3 Å². The SMILES string of the molecule is Cc1cc(OCc2ccc(-c3ccccc3-c3nn[nH]n3)cc2)n2nccc2n1. The van der Waals surface area contributed by atoms with Crippen LogP contribution in [0.3, 0.4) is 0 Å². The molecular weight excluding hydrogens is 366 g/mol. The molecule has 0 radical (unpaired) electrons. The van der Waals surface area contributed by atoms with E-state index in [1.165, 1.54) is 0 Å². The molecule has 0 atom stereocenters. The maximum Gasteiger partial charge on any atom is 0.218 e. The van der Waals surface area contributed by atoms with Gasteiger partial charge in [-0.05, 0) is 28.8 Å². The van der Waals surface area contributed by atoms with Gasteiger partial charge in [0.05, 0.1) is 6.20 Å². The highest BCUT2D eigenvalue weighted by molar-refractivity contribution is 5.80. The van der Waals surface area contributed by atoms with Crippen LogP contribution in [-0.4, -0.2) is 35.2 Å². The van der Waals surface area contributed by atoms with Crippen molar-refractivity contribution in [1.82, 2.24) is 35.2 Å². The first-order valence-electron chi connectivity index (χ1n) is 9.14. The van der Waals surface area contributed by atoms with Gasteiger partial charge in [0.1, 0.15) is 6.61 Å². The average Bonchev–Trinajstić information content (AvgIpc) is 3.44. The smallest absolute Gasteiger partial charge is 0.218 e. The molecule has 142 valence electrons. The lowest BCUT2D eigenvalue weighted by atomic mass is 9.98. The lowest BCUT2D eigenvalue weighted by molar-refractivity contribution is 0.285. The van der Waals surface area contributed by atoms with E-state index in [1.54, 1.807) is 10.7 Å². The summed E-state index contributed by atoms with van der Waals surface area (Å²) in [5, 5.41) is 18.6. The van der Waals surface area contributed by atoms with Gasteiger partial charge in [0.2, 0.25) is 11.7 Å². The maximum absolute atomic E-state index is 6.00. The fraction of sp³-hybridized carbons (Fsp3) is 0.0952. The second-order valence-corrected chi connectivity index (χ2v) is 6.60. The molecule has 0 saturated heterocycles. The Morgan fingerprint density at radius 3 is 2.62 bits per heavy atom. The Balaban J connectivity index is 1.38. The molecule has 0 unspecified atom stereocenters. The van der Waals surface area contributed by atoms with Crippen molar-refractivity contribution in [1.29, 1.82) is 0 Å². The van der Waals surface area contributed by atoms with Crippen molar-refractivity contribution in [3.05, 3.63) is 78.1 Å². The minimum Gasteiger partial charge on any atom is -0.473 e. The fourth-order valence-corrected chi connectivity index (χ4v) is 3.25. The van der Waals surface area contributed by atoms with Crippen molar-refractivity contribution < 1.29 is 4.74 Å². The van der Waals surface area contributed by atoms with Gasteiger partial charge in [0.25, 0.3) is 0 Å². The number of nitrogens with zero attached hydrogens (tertiary/aromatic N) is 6. The first kappa shape index (κ1) is 17.1. The van der Waals surface area contributed by atoms with Gasteiger partial charge in [-0.3, -0.25) is 0 Å². The van der Waals surface area contributed by atoms with E-state index in [-0.39, 0.29) is 0 Å². The van der Waals surface area contributed by atoms with Gasteiger partial charge in [-0.2, -0.15) is 14.8 Å². The first-order chi connectivity index (χ1) is 14.3. The summed E-state index contributed by atoms with van der Waals surface area (Å²) in [5.74, 6) is 1.24. The summed E-state index contributed by atoms with van der Waals surface area (Å²) in [7, 11) is 0. The predicted molar refractivity (Wildman–Crippen MR) is 107 cm³/mol. The highest BCUT2D eigenvalue weighted by Gasteiger charge is 2.11. The Hall–Kier alpha value is -4.07. The number of rotatable bonds is 5. The van der Waals surface area contributed by atoms with Crippen LogP contribution in [0.5, 0.6) is 5.88 Å². The summed E-state index contributed by atoms with van der Waals surface area (Å²) >= 11 is 0. The van der Waals surface area contributed by atoms with E-state index >= 15 is 0 Å². The highest BCUT2D eigenvalue weighted by atomic mass is 16.5. The van der Waals surface area contributed by atoms with Crippen molar-refractivity contribution in [2.75, 3.05) is 0 Å². The van der Waals surface area contributed by atoms with Crippen LogP contribution < -0.4 is 4.74 Å². The van der Waals surface area contributed by atoms with Crippen molar-refractivity contribution in [3.63, 3.8) is 0 Å². The molecule has 5 rings (SSSR count). The molecule has 29 heavy (non-hydrogen) atoms. The third kappa shape index (κ3) is 3.31. The highest BCUT2D eigenvalue weighted by Crippen LogP contribution is 2.29. The lowest BCUT2D eigenvalue weighted by Crippen LogP contribution is -2.03. The van der Waals surface area contributed by atoms with Crippen molar-refractivity contribution in [2.24, 2.45) is 0 Å². The molecule has 0 saturated carbocycles. The molecule has 5 aromatic rings. The van der Waals surface area contributed by atoms with Crippen LogP contribution in [-0.2, 0) is 6.61 Å². The summed E-state index contributed by atoms with van der Waals surface area (Å²) in [4.78, 5) is 4.43. The van der Waals surface area contributed by atoms with Crippen molar-refractivity contribution in [3.8, 4) is 28.4 Å². The third-order valence-electron chi connectivity index (χ3n) is 4.62. The standard InChI is InChI=1S/C21H17N7O/c1-14-12-20(28-19(23-14)10-11-22-28)29-13-15-6-8-16(9-7-15)17-4-2-3-5-18(17)21-24-26-27-25-21/h2-12H,13H2,1H3,(H,24,25,26,27). The number of nitrogens with one attached hydrogen (secondary N) is 1. The Labute approximate surface area is 166 Å². The van der Waals surface area contributed by atoms with E-state index in [2.05, 4.69) is 55.0 Å². The van der Waals surface area contributed by atoms with E-state index in [0.717, 1.165) is 33.6 Å². The van der Waals surface area contributed by atoms with E-state index in [9.17, 15) is 0 Å². The Kier molecular flexibility index (Phi) is 4.21. The van der Waals surface area contributed by atoms with Gasteiger partial charge in [-0.25, -0.2) is 4.98 Å². The minimum absolute atomic E-state index is 0.436. The molecule has 0 spiro atoms. The third-order valence-corrected chi connectivity index (χ3v) is 4.62. The Morgan fingerprint density at radius 1 is 1.00 bits per heavy atom. The molecule has 2 aromatic carbocycles. The molecule has 0 aliphatic carbocycles. The van der Waals surface area contributed by atoms with Crippen LogP contribution in [0.15, 0.2) is 66.9 Å². The van der Waals surface area contributed by atoms with E-state index in [1.807, 2.05) is 43.3 Å². The van der Waals surface area contributed by atoms with Gasteiger partial charge >= 0.3 is 0 Å². The molecule has 1 N–H and O–H groups in total. The van der Waals surface area contributed by atoms with Gasteiger partial charge in [0, 0.05) is 23.4 Å². The maximum atomic E-state index is 6.00. The molecule has 0 fully saturated rings. The normalized spacial score (nSPS) is 11.1. The number of aromatic nitrogens is 7. The molecule has 8 heteroatoms. The zero-order chi connectivity index (χ0) is 19.6. The number of aromatic amines is 1. The topological polar surface area (TPSA) is 93.9 Å². The largest absolute Gasteiger partial charge is 0.473 e. The number of H-pyrrole nitrogens is 1. The zero-order valence-corrected chi connectivity index (χ0v) is 15.6. The van der Waals surface area contributed by atoms with Crippen LogP contribution in [0.25, 0.3) is 28.2 Å². The molecule has 0 bridgehead atoms. The number of hydrogen-bond donors (Lipinski definition) is 1. The monoisotopic (exact) mass is 383 g/mol. The number of benzene rings is 2. The van der Waals surface area contributed by atoms with E-state index < -0.39 is 0 Å². The summed E-state index contributed by atoms with van der Waals surface area (Å²) < 4.78 is 7.70. The van der Waals surface area contributed by atoms with Crippen LogP contribution in [0.2, 0.25) is 0 Å². The lowest BCUT2D eigenvalue weighted by Gasteiger charge is -2.10. The number of tetrazole rings is 1. The molecule has 3 heterocycles. The second-order valence-electron chi connectivity index (χ2n) is 6.60. The number of fused-ring (bicyclic) bond motifs is 1. The number of aryl methyl sites for hydroxylation is 1. The second kappa shape index (κ2) is 7.16. The number of ether oxygens (including phenoxy) is 1. The van der Waals surface area contributed by atoms with Gasteiger partial charge in [-0.1, -0.05) is 48.5 Å². The van der Waals surface area contributed by atoms with Crippen LogP contribution >= 0.6 is 0 Å². The Bertz CT molecular complexity index is 1260. The molecule has 0 amide bonds. The molecule has 0 aliphatic heterocycles. The van der Waals surface area contributed by atoms with Crippen LogP contribution in [0, 0.1) is 6.92 Å². The summed E-state index contributed by atoms with van der Waals surface area (Å²) in [6.07, 6.45) is 1.71. The van der Waals surface area contributed by atoms with Gasteiger partial charge in [-0.15, -0.1) is 10.2 Å². The summed E-state index contributed by atoms with van der Waals surface area (Å²) in [6, 6.07) is 20.0. The molecular formula is C21H17N7O. The minimum atomic E-state index is 0.436. The van der Waals surface area contributed by atoms with Crippen molar-refractivity contribution in [2.45, 2.75) is 13.5 Å². The summed E-state index contributed by atoms with van der Waals surface area (Å²) in [5.41, 5.74) is 5.77. The quantitative estimate of drug-likeness (QED) is 0.499. The fourth-order valence-electron chi connectivity index (χ4n) is 3.25. The zero-order valence-electron chi connectivity index (χ0n) is 15.6. The summed E-state index contributed by atoms with van der Waals surface area (Å²) in [6.45, 7) is 2.38. The van der Waals surface area contributed by atoms with Crippen molar-refractivity contribution >= 4 is 5.65 Å². The van der Waals surface area contributed by atoms with Crippen LogP contribution in [0.4, 0.5) is 0 Å². The average molecular weight is 383 g/mol. The molecule has 3 aromatic heterocycles. The van der Waals surface area contributed by atoms with Gasteiger partial charge in [0.15, 0.2) is 5.65 Å². The number of hydrogen-bond acceptors (Lipinski definition) is 6. The van der Waals surface area contributed by atoms with Crippen LogP contribution in [0.1, 0.15) is 11.3 Å².